The molecule has 0 spiro atoms. The summed E-state index contributed by atoms with van der Waals surface area (Å²) < 4.78 is 35.8. The van der Waals surface area contributed by atoms with Gasteiger partial charge in [-0.25, -0.2) is 13.2 Å². The molecule has 0 aromatic heterocycles. The quantitative estimate of drug-likeness (QED) is 0.772. The maximum Gasteiger partial charge on any atom is 0.359 e. The normalized spacial score (nSPS) is 15.9. The molecule has 1 aliphatic rings. The lowest BCUT2D eigenvalue weighted by Crippen LogP contribution is -2.36. The Bertz CT molecular complexity index is 781. The minimum atomic E-state index is -3.92. The molecule has 1 aliphatic heterocycles. The van der Waals surface area contributed by atoms with Crippen LogP contribution < -0.4 is 0 Å². The Morgan fingerprint density at radius 2 is 1.87 bits per heavy atom. The fourth-order valence-corrected chi connectivity index (χ4v) is 3.59. The van der Waals surface area contributed by atoms with Crippen LogP contribution in [0.2, 0.25) is 0 Å². The average Bonchev–Trinajstić information content (AvgIpc) is 2.53. The third kappa shape index (κ3) is 2.94. The Morgan fingerprint density at radius 3 is 2.48 bits per heavy atom. The van der Waals surface area contributed by atoms with Crippen molar-refractivity contribution in [3.05, 3.63) is 35.5 Å². The third-order valence-electron chi connectivity index (χ3n) is 3.35. The van der Waals surface area contributed by atoms with Crippen LogP contribution in [0.15, 0.2) is 34.9 Å². The first kappa shape index (κ1) is 17.0. The number of carbonyl (C=O) groups is 2. The zero-order valence-electron chi connectivity index (χ0n) is 13.0. The van der Waals surface area contributed by atoms with E-state index in [0.29, 0.717) is 6.42 Å². The second kappa shape index (κ2) is 6.41. The number of fused-ring (bicyclic) bond motifs is 1. The van der Waals surface area contributed by atoms with E-state index >= 15 is 0 Å². The first-order valence-electron chi connectivity index (χ1n) is 6.96. The van der Waals surface area contributed by atoms with Gasteiger partial charge in [0.25, 0.3) is 10.0 Å². The molecule has 0 atom stereocenters. The molecule has 0 radical (unpaired) electrons. The molecule has 0 fully saturated rings. The van der Waals surface area contributed by atoms with E-state index in [2.05, 4.69) is 4.74 Å². The minimum absolute atomic E-state index is 0.0329. The number of rotatable bonds is 4. The van der Waals surface area contributed by atoms with E-state index < -0.39 is 22.0 Å². The maximum absolute atomic E-state index is 12.5. The standard InChI is InChI=1S/C15H17NO6S/c1-4-7-12(17)22-14-10-8-5-6-9-11(10)23(19,20)16(2)13(14)15(18)21-3/h5-6,8-9H,4,7H2,1-3H3. The molecule has 0 amide bonds. The summed E-state index contributed by atoms with van der Waals surface area (Å²) in [6.07, 6.45) is 0.714. The van der Waals surface area contributed by atoms with Gasteiger partial charge in [0, 0.05) is 19.0 Å². The van der Waals surface area contributed by atoms with Crippen LogP contribution in [0.4, 0.5) is 0 Å². The number of nitrogens with zero attached hydrogens (tertiary/aromatic N) is 1. The summed E-state index contributed by atoms with van der Waals surface area (Å²) in [6, 6.07) is 6.03. The topological polar surface area (TPSA) is 90.0 Å². The van der Waals surface area contributed by atoms with E-state index in [4.69, 9.17) is 4.74 Å². The Morgan fingerprint density at radius 1 is 1.22 bits per heavy atom. The minimum Gasteiger partial charge on any atom is -0.464 e. The van der Waals surface area contributed by atoms with Crippen molar-refractivity contribution in [3.8, 4) is 0 Å². The predicted octanol–water partition coefficient (Wildman–Crippen LogP) is 1.51. The number of hydrogen-bond donors (Lipinski definition) is 0. The zero-order chi connectivity index (χ0) is 17.2. The van der Waals surface area contributed by atoms with Gasteiger partial charge in [0.1, 0.15) is 0 Å². The summed E-state index contributed by atoms with van der Waals surface area (Å²) in [6.45, 7) is 1.81. The van der Waals surface area contributed by atoms with Crippen molar-refractivity contribution < 1.29 is 27.5 Å². The lowest BCUT2D eigenvalue weighted by atomic mass is 10.1. The van der Waals surface area contributed by atoms with E-state index in [1.807, 2.05) is 6.92 Å². The second-order valence-electron chi connectivity index (χ2n) is 4.86. The molecular formula is C15H17NO6S. The molecule has 0 unspecified atom stereocenters. The number of methoxy groups -OCH3 is 1. The Hall–Kier alpha value is -2.35. The third-order valence-corrected chi connectivity index (χ3v) is 5.16. The van der Waals surface area contributed by atoms with Gasteiger partial charge in [-0.3, -0.25) is 9.10 Å². The van der Waals surface area contributed by atoms with E-state index in [0.717, 1.165) is 11.4 Å². The molecule has 0 bridgehead atoms. The number of carbonyl (C=O) groups excluding carboxylic acids is 2. The van der Waals surface area contributed by atoms with Gasteiger partial charge in [0.15, 0.2) is 11.5 Å². The van der Waals surface area contributed by atoms with Crippen LogP contribution in [0, 0.1) is 0 Å². The highest BCUT2D eigenvalue weighted by atomic mass is 32.2. The van der Waals surface area contributed by atoms with Crippen LogP contribution in [0.3, 0.4) is 0 Å². The van der Waals surface area contributed by atoms with Crippen LogP contribution in [0.25, 0.3) is 5.76 Å². The van der Waals surface area contributed by atoms with Crippen molar-refractivity contribution in [2.75, 3.05) is 14.2 Å². The smallest absolute Gasteiger partial charge is 0.359 e. The molecule has 23 heavy (non-hydrogen) atoms. The molecule has 0 saturated carbocycles. The largest absolute Gasteiger partial charge is 0.464 e. The Balaban J connectivity index is 2.71. The van der Waals surface area contributed by atoms with Crippen molar-refractivity contribution in [1.29, 1.82) is 0 Å². The Labute approximate surface area is 134 Å². The molecular weight excluding hydrogens is 322 g/mol. The van der Waals surface area contributed by atoms with Gasteiger partial charge in [0.05, 0.1) is 12.0 Å². The molecule has 1 aromatic rings. The summed E-state index contributed by atoms with van der Waals surface area (Å²) in [5.74, 6) is -1.56. The van der Waals surface area contributed by atoms with Crippen LogP contribution >= 0.6 is 0 Å². The first-order valence-corrected chi connectivity index (χ1v) is 8.40. The van der Waals surface area contributed by atoms with E-state index in [-0.39, 0.29) is 28.3 Å². The summed E-state index contributed by atoms with van der Waals surface area (Å²) in [5.41, 5.74) is -0.161. The highest BCUT2D eigenvalue weighted by molar-refractivity contribution is 7.89. The number of sulfonamides is 1. The fourth-order valence-electron chi connectivity index (χ4n) is 2.21. The Kier molecular flexibility index (Phi) is 4.74. The molecule has 8 heteroatoms. The summed E-state index contributed by atoms with van der Waals surface area (Å²) >= 11 is 0. The molecule has 124 valence electrons. The van der Waals surface area contributed by atoms with Crippen molar-refractivity contribution in [1.82, 2.24) is 4.31 Å². The summed E-state index contributed by atoms with van der Waals surface area (Å²) in [4.78, 5) is 23.9. The number of hydrogen-bond acceptors (Lipinski definition) is 6. The number of likely N-dealkylation sites (N-methyl/N-ethyl adjacent to an activating group) is 1. The number of esters is 2. The SMILES string of the molecule is CCCC(=O)OC1=C(C(=O)OC)N(C)S(=O)(=O)c2ccccc21. The molecule has 7 nitrogen and oxygen atoms in total. The van der Waals surface area contributed by atoms with Gasteiger partial charge in [-0.15, -0.1) is 0 Å². The zero-order valence-corrected chi connectivity index (χ0v) is 13.8. The fraction of sp³-hybridized carbons (Fsp3) is 0.333. The molecule has 2 rings (SSSR count). The average molecular weight is 339 g/mol. The molecule has 0 aliphatic carbocycles. The van der Waals surface area contributed by atoms with E-state index in [1.165, 1.54) is 19.2 Å². The van der Waals surface area contributed by atoms with Gasteiger partial charge in [-0.2, -0.15) is 0 Å². The predicted molar refractivity (Wildman–Crippen MR) is 81.3 cm³/mol. The molecule has 1 aromatic carbocycles. The van der Waals surface area contributed by atoms with Crippen LogP contribution in [0.1, 0.15) is 25.3 Å². The highest BCUT2D eigenvalue weighted by Gasteiger charge is 2.39. The summed E-state index contributed by atoms with van der Waals surface area (Å²) in [5, 5.41) is 0. The van der Waals surface area contributed by atoms with Crippen LogP contribution in [0.5, 0.6) is 0 Å². The van der Waals surface area contributed by atoms with Crippen molar-refractivity contribution in [2.24, 2.45) is 0 Å². The second-order valence-corrected chi connectivity index (χ2v) is 6.80. The van der Waals surface area contributed by atoms with Gasteiger partial charge in [0.2, 0.25) is 0 Å². The monoisotopic (exact) mass is 339 g/mol. The van der Waals surface area contributed by atoms with E-state index in [9.17, 15) is 18.0 Å². The summed E-state index contributed by atoms with van der Waals surface area (Å²) in [7, 11) is -1.58. The molecule has 0 N–H and O–H groups in total. The van der Waals surface area contributed by atoms with Gasteiger partial charge < -0.3 is 9.47 Å². The maximum atomic E-state index is 12.5. The van der Waals surface area contributed by atoms with Crippen molar-refractivity contribution in [3.63, 3.8) is 0 Å². The molecule has 1 heterocycles. The lowest BCUT2D eigenvalue weighted by Gasteiger charge is -2.29. The number of benzene rings is 1. The van der Waals surface area contributed by atoms with E-state index in [1.54, 1.807) is 12.1 Å². The molecule has 0 saturated heterocycles. The van der Waals surface area contributed by atoms with Gasteiger partial charge in [-0.05, 0) is 18.6 Å². The highest BCUT2D eigenvalue weighted by Crippen LogP contribution is 2.37. The van der Waals surface area contributed by atoms with Crippen molar-refractivity contribution >= 4 is 27.7 Å². The van der Waals surface area contributed by atoms with Crippen molar-refractivity contribution in [2.45, 2.75) is 24.7 Å². The van der Waals surface area contributed by atoms with Gasteiger partial charge >= 0.3 is 11.9 Å². The van der Waals surface area contributed by atoms with Crippen LogP contribution in [-0.4, -0.2) is 38.8 Å². The van der Waals surface area contributed by atoms with Crippen LogP contribution in [-0.2, 0) is 29.1 Å². The first-order chi connectivity index (χ1) is 10.8. The van der Waals surface area contributed by atoms with Gasteiger partial charge in [-0.1, -0.05) is 19.1 Å². The lowest BCUT2D eigenvalue weighted by molar-refractivity contribution is -0.138. The number of ether oxygens (including phenoxy) is 2.